The molecule has 0 aliphatic rings. The van der Waals surface area contributed by atoms with Gasteiger partial charge in [-0.1, -0.05) is 0 Å². The molecule has 1 N–H and O–H groups in total. The number of halogens is 3. The lowest BCUT2D eigenvalue weighted by atomic mass is 10.3. The lowest BCUT2D eigenvalue weighted by molar-refractivity contribution is -0.138. The van der Waals surface area contributed by atoms with Crippen molar-refractivity contribution >= 4 is 0 Å². The summed E-state index contributed by atoms with van der Waals surface area (Å²) < 4.78 is 38.2. The lowest BCUT2D eigenvalue weighted by Crippen LogP contribution is -2.19. The second-order valence-electron chi connectivity index (χ2n) is 3.18. The first kappa shape index (κ1) is 10.5. The lowest BCUT2D eigenvalue weighted by Gasteiger charge is -2.09. The molecule has 0 bridgehead atoms. The Morgan fingerprint density at radius 2 is 1.94 bits per heavy atom. The standard InChI is InChI=1S/C10H7F3N2O/c11-10(12,13)7-3-4-9(16)15(6-7)8-2-1-5-14-8/h1-6,14H. The van der Waals surface area contributed by atoms with Crippen LogP contribution < -0.4 is 5.56 Å². The zero-order valence-corrected chi connectivity index (χ0v) is 7.95. The van der Waals surface area contributed by atoms with Crippen molar-refractivity contribution in [3.63, 3.8) is 0 Å². The Balaban J connectivity index is 2.58. The minimum absolute atomic E-state index is 0.302. The maximum absolute atomic E-state index is 12.4. The minimum atomic E-state index is -4.46. The molecule has 0 spiro atoms. The number of hydrogen-bond donors (Lipinski definition) is 1. The number of pyridine rings is 1. The maximum atomic E-state index is 12.4. The summed E-state index contributed by atoms with van der Waals surface area (Å²) >= 11 is 0. The molecular weight excluding hydrogens is 221 g/mol. The van der Waals surface area contributed by atoms with Gasteiger partial charge in [-0.25, -0.2) is 0 Å². The molecule has 0 fully saturated rings. The number of nitrogens with zero attached hydrogens (tertiary/aromatic N) is 1. The quantitative estimate of drug-likeness (QED) is 0.798. The third-order valence-electron chi connectivity index (χ3n) is 2.08. The number of alkyl halides is 3. The Hall–Kier alpha value is -1.98. The summed E-state index contributed by atoms with van der Waals surface area (Å²) in [4.78, 5) is 14.0. The van der Waals surface area contributed by atoms with E-state index in [1.165, 1.54) is 12.3 Å². The van der Waals surface area contributed by atoms with E-state index in [1.807, 2.05) is 0 Å². The van der Waals surface area contributed by atoms with E-state index >= 15 is 0 Å². The highest BCUT2D eigenvalue weighted by Crippen LogP contribution is 2.28. The minimum Gasteiger partial charge on any atom is -0.348 e. The number of rotatable bonds is 1. The van der Waals surface area contributed by atoms with Gasteiger partial charge in [-0.3, -0.25) is 9.36 Å². The molecule has 0 radical (unpaired) electrons. The second-order valence-corrected chi connectivity index (χ2v) is 3.18. The zero-order valence-electron chi connectivity index (χ0n) is 7.95. The monoisotopic (exact) mass is 228 g/mol. The van der Waals surface area contributed by atoms with Crippen LogP contribution in [0.2, 0.25) is 0 Å². The SMILES string of the molecule is O=c1ccc(C(F)(F)F)cn1-c1ccc[nH]1. The summed E-state index contributed by atoms with van der Waals surface area (Å²) in [6.07, 6.45) is -2.15. The topological polar surface area (TPSA) is 37.8 Å². The van der Waals surface area contributed by atoms with Gasteiger partial charge in [0.05, 0.1) is 5.56 Å². The number of H-pyrrole nitrogens is 1. The van der Waals surface area contributed by atoms with Gasteiger partial charge in [-0.15, -0.1) is 0 Å². The molecule has 2 heterocycles. The molecule has 0 unspecified atom stereocenters. The number of nitrogens with one attached hydrogen (secondary N) is 1. The van der Waals surface area contributed by atoms with Crippen LogP contribution in [-0.4, -0.2) is 9.55 Å². The average molecular weight is 228 g/mol. The van der Waals surface area contributed by atoms with Crippen molar-refractivity contribution < 1.29 is 13.2 Å². The van der Waals surface area contributed by atoms with Crippen molar-refractivity contribution in [3.8, 4) is 5.82 Å². The molecule has 2 aromatic heterocycles. The Kier molecular flexibility index (Phi) is 2.34. The van der Waals surface area contributed by atoms with E-state index in [0.717, 1.165) is 22.9 Å². The molecule has 0 saturated heterocycles. The second kappa shape index (κ2) is 3.55. The highest BCUT2D eigenvalue weighted by atomic mass is 19.4. The first-order valence-corrected chi connectivity index (χ1v) is 4.42. The highest BCUT2D eigenvalue weighted by molar-refractivity contribution is 5.26. The summed E-state index contributed by atoms with van der Waals surface area (Å²) in [6, 6.07) is 4.77. The number of aromatic nitrogens is 2. The van der Waals surface area contributed by atoms with E-state index in [1.54, 1.807) is 6.07 Å². The summed E-state index contributed by atoms with van der Waals surface area (Å²) in [5.41, 5.74) is -1.38. The molecule has 0 amide bonds. The molecule has 0 aliphatic carbocycles. The van der Waals surface area contributed by atoms with Crippen LogP contribution in [0.15, 0.2) is 41.5 Å². The van der Waals surface area contributed by atoms with Crippen molar-refractivity contribution in [3.05, 3.63) is 52.6 Å². The Labute approximate surface area is 88.2 Å². The molecule has 0 aromatic carbocycles. The Morgan fingerprint density at radius 3 is 2.50 bits per heavy atom. The number of hydrogen-bond acceptors (Lipinski definition) is 1. The highest BCUT2D eigenvalue weighted by Gasteiger charge is 2.31. The maximum Gasteiger partial charge on any atom is 0.417 e. The van der Waals surface area contributed by atoms with Gasteiger partial charge < -0.3 is 4.98 Å². The van der Waals surface area contributed by atoms with E-state index in [4.69, 9.17) is 0 Å². The predicted octanol–water partition coefficient (Wildman–Crippen LogP) is 2.18. The van der Waals surface area contributed by atoms with Crippen molar-refractivity contribution in [2.24, 2.45) is 0 Å². The predicted molar refractivity (Wildman–Crippen MR) is 51.4 cm³/mol. The van der Waals surface area contributed by atoms with E-state index in [2.05, 4.69) is 4.98 Å². The van der Waals surface area contributed by atoms with E-state index in [-0.39, 0.29) is 0 Å². The van der Waals surface area contributed by atoms with Crippen molar-refractivity contribution in [2.75, 3.05) is 0 Å². The van der Waals surface area contributed by atoms with Gasteiger partial charge in [0.25, 0.3) is 5.56 Å². The first-order chi connectivity index (χ1) is 7.48. The van der Waals surface area contributed by atoms with Crippen LogP contribution >= 0.6 is 0 Å². The summed E-state index contributed by atoms with van der Waals surface area (Å²) in [7, 11) is 0. The smallest absolute Gasteiger partial charge is 0.348 e. The van der Waals surface area contributed by atoms with Crippen LogP contribution in [0.25, 0.3) is 5.82 Å². The number of aromatic amines is 1. The van der Waals surface area contributed by atoms with Crippen LogP contribution in [0.5, 0.6) is 0 Å². The zero-order chi connectivity index (χ0) is 11.8. The molecule has 0 saturated carbocycles. The van der Waals surface area contributed by atoms with E-state index in [9.17, 15) is 18.0 Å². The van der Waals surface area contributed by atoms with Gasteiger partial charge in [0.15, 0.2) is 0 Å². The molecule has 2 rings (SSSR count). The largest absolute Gasteiger partial charge is 0.417 e. The molecule has 0 atom stereocenters. The molecule has 6 heteroatoms. The molecule has 2 aromatic rings. The van der Waals surface area contributed by atoms with Crippen molar-refractivity contribution in [2.45, 2.75) is 6.18 Å². The molecule has 16 heavy (non-hydrogen) atoms. The van der Waals surface area contributed by atoms with Crippen LogP contribution in [0.1, 0.15) is 5.56 Å². The third kappa shape index (κ3) is 1.86. The summed E-state index contributed by atoms with van der Waals surface area (Å²) in [5, 5.41) is 0. The third-order valence-corrected chi connectivity index (χ3v) is 2.08. The van der Waals surface area contributed by atoms with Crippen LogP contribution in [0, 0.1) is 0 Å². The van der Waals surface area contributed by atoms with Gasteiger partial charge in [0.2, 0.25) is 0 Å². The van der Waals surface area contributed by atoms with Crippen LogP contribution in [-0.2, 0) is 6.18 Å². The summed E-state index contributed by atoms with van der Waals surface area (Å²) in [5.74, 6) is 0.302. The van der Waals surface area contributed by atoms with Gasteiger partial charge in [0, 0.05) is 18.5 Å². The summed E-state index contributed by atoms with van der Waals surface area (Å²) in [6.45, 7) is 0. The average Bonchev–Trinajstić information content (AvgIpc) is 2.69. The van der Waals surface area contributed by atoms with Gasteiger partial charge in [-0.05, 0) is 18.2 Å². The van der Waals surface area contributed by atoms with E-state index in [0.29, 0.717) is 5.82 Å². The molecular formula is C10H7F3N2O. The Morgan fingerprint density at radius 1 is 1.19 bits per heavy atom. The van der Waals surface area contributed by atoms with E-state index < -0.39 is 17.3 Å². The normalized spacial score (nSPS) is 11.7. The molecule has 0 aliphatic heterocycles. The first-order valence-electron chi connectivity index (χ1n) is 4.42. The molecule has 84 valence electrons. The fourth-order valence-corrected chi connectivity index (χ4v) is 1.31. The fourth-order valence-electron chi connectivity index (χ4n) is 1.31. The van der Waals surface area contributed by atoms with Crippen molar-refractivity contribution in [1.82, 2.24) is 9.55 Å². The van der Waals surface area contributed by atoms with Gasteiger partial charge in [0.1, 0.15) is 5.82 Å². The van der Waals surface area contributed by atoms with Crippen molar-refractivity contribution in [1.29, 1.82) is 0 Å². The van der Waals surface area contributed by atoms with Gasteiger partial charge >= 0.3 is 6.18 Å². The van der Waals surface area contributed by atoms with Gasteiger partial charge in [-0.2, -0.15) is 13.2 Å². The van der Waals surface area contributed by atoms with Crippen LogP contribution in [0.3, 0.4) is 0 Å². The van der Waals surface area contributed by atoms with Crippen LogP contribution in [0.4, 0.5) is 13.2 Å². The fraction of sp³-hybridized carbons (Fsp3) is 0.100. The molecule has 3 nitrogen and oxygen atoms in total. The Bertz CT molecular complexity index is 540.